The minimum Gasteiger partial charge on any atom is -0.358 e. The van der Waals surface area contributed by atoms with Gasteiger partial charge in [0.05, 0.1) is 6.16 Å². The molecule has 0 aliphatic heterocycles. The van der Waals surface area contributed by atoms with Gasteiger partial charge < -0.3 is 4.74 Å². The first-order valence-electron chi connectivity index (χ1n) is 5.39. The van der Waals surface area contributed by atoms with Crippen molar-refractivity contribution in [2.45, 2.75) is 26.7 Å². The molecular formula is C9H22O5P2. The maximum absolute atomic E-state index is 12.2. The molecule has 0 rings (SSSR count). The molecule has 0 radical (unpaired) electrons. The summed E-state index contributed by atoms with van der Waals surface area (Å²) in [6, 6.07) is 0. The molecule has 0 N–H and O–H groups in total. The maximum atomic E-state index is 12.2. The average molecular weight is 272 g/mol. The third-order valence-corrected chi connectivity index (χ3v) is 6.92. The van der Waals surface area contributed by atoms with Crippen molar-refractivity contribution in [3.63, 3.8) is 0 Å². The van der Waals surface area contributed by atoms with Gasteiger partial charge in [0.15, 0.2) is 6.79 Å². The van der Waals surface area contributed by atoms with Gasteiger partial charge in [0.1, 0.15) is 0 Å². The molecule has 0 aromatic heterocycles. The molecular weight excluding hydrogens is 250 g/mol. The first kappa shape index (κ1) is 16.3. The van der Waals surface area contributed by atoms with Crippen molar-refractivity contribution in [1.82, 2.24) is 0 Å². The summed E-state index contributed by atoms with van der Waals surface area (Å²) in [5.74, 6) is 0. The lowest BCUT2D eigenvalue weighted by Crippen LogP contribution is -2.02. The van der Waals surface area contributed by atoms with E-state index in [4.69, 9.17) is 13.6 Å². The summed E-state index contributed by atoms with van der Waals surface area (Å²) in [5, 5.41) is 0. The smallest absolute Gasteiger partial charge is 0.338 e. The highest BCUT2D eigenvalue weighted by Gasteiger charge is 2.31. The van der Waals surface area contributed by atoms with E-state index in [1.54, 1.807) is 0 Å². The Hall–Kier alpha value is 0.340. The molecule has 5 nitrogen and oxygen atoms in total. The summed E-state index contributed by atoms with van der Waals surface area (Å²) >= 11 is 0. The number of methoxy groups -OCH3 is 1. The molecule has 2 unspecified atom stereocenters. The van der Waals surface area contributed by atoms with E-state index in [1.807, 2.05) is 13.8 Å². The van der Waals surface area contributed by atoms with Crippen LogP contribution in [0.1, 0.15) is 26.7 Å². The van der Waals surface area contributed by atoms with Crippen molar-refractivity contribution in [3.05, 3.63) is 0 Å². The zero-order valence-corrected chi connectivity index (χ0v) is 12.3. The molecule has 0 aromatic rings. The normalized spacial score (nSPS) is 19.0. The monoisotopic (exact) mass is 272 g/mol. The lowest BCUT2D eigenvalue weighted by molar-refractivity contribution is 0.0445. The van der Waals surface area contributed by atoms with Crippen LogP contribution in [0.15, 0.2) is 0 Å². The maximum Gasteiger partial charge on any atom is 0.338 e. The van der Waals surface area contributed by atoms with Crippen molar-refractivity contribution in [1.29, 1.82) is 0 Å². The molecule has 16 heavy (non-hydrogen) atoms. The van der Waals surface area contributed by atoms with Crippen LogP contribution in [0.2, 0.25) is 0 Å². The van der Waals surface area contributed by atoms with Gasteiger partial charge in [0.25, 0.3) is 0 Å². The van der Waals surface area contributed by atoms with Crippen molar-refractivity contribution >= 4 is 15.0 Å². The van der Waals surface area contributed by atoms with Crippen molar-refractivity contribution < 1.29 is 22.7 Å². The van der Waals surface area contributed by atoms with Crippen LogP contribution in [-0.2, 0) is 22.7 Å². The van der Waals surface area contributed by atoms with Gasteiger partial charge >= 0.3 is 7.60 Å². The Balaban J connectivity index is 4.53. The van der Waals surface area contributed by atoms with Gasteiger partial charge in [-0.3, -0.25) is 18.0 Å². The van der Waals surface area contributed by atoms with Crippen LogP contribution in [0, 0.1) is 0 Å². The Kier molecular flexibility index (Phi) is 7.79. The Labute approximate surface area is 97.8 Å². The number of ether oxygens (including phenoxy) is 1. The Morgan fingerprint density at radius 1 is 1.06 bits per heavy atom. The Bertz CT molecular complexity index is 279. The molecule has 0 aliphatic rings. The van der Waals surface area contributed by atoms with E-state index in [1.165, 1.54) is 13.8 Å². The number of hydrogen-bond donors (Lipinski definition) is 0. The lowest BCUT2D eigenvalue weighted by atomic mass is 10.6. The molecule has 7 heteroatoms. The Morgan fingerprint density at radius 3 is 2.06 bits per heavy atom. The minimum absolute atomic E-state index is 0.108. The van der Waals surface area contributed by atoms with Gasteiger partial charge in [0.2, 0.25) is 7.37 Å². The summed E-state index contributed by atoms with van der Waals surface area (Å²) in [4.78, 5) is 0. The summed E-state index contributed by atoms with van der Waals surface area (Å²) in [6.07, 6.45) is 2.05. The first-order valence-corrected chi connectivity index (χ1v) is 9.38. The van der Waals surface area contributed by atoms with Crippen molar-refractivity contribution in [3.8, 4) is 0 Å². The molecule has 0 bridgehead atoms. The van der Waals surface area contributed by atoms with E-state index in [0.717, 1.165) is 6.42 Å². The molecule has 0 heterocycles. The second-order valence-corrected chi connectivity index (χ2v) is 8.75. The first-order chi connectivity index (χ1) is 7.39. The second kappa shape index (κ2) is 7.62. The summed E-state index contributed by atoms with van der Waals surface area (Å²) in [7, 11) is -4.66. The van der Waals surface area contributed by atoms with Crippen molar-refractivity contribution in [2.75, 3.05) is 32.9 Å². The highest BCUT2D eigenvalue weighted by molar-refractivity contribution is 7.69. The SMILES string of the molecule is CCCP(C)(=O)OP(=O)(CCC)OCOC. The van der Waals surface area contributed by atoms with E-state index < -0.39 is 15.0 Å². The van der Waals surface area contributed by atoms with Crippen LogP contribution >= 0.6 is 15.0 Å². The van der Waals surface area contributed by atoms with Gasteiger partial charge in [-0.1, -0.05) is 13.8 Å². The molecule has 0 saturated heterocycles. The van der Waals surface area contributed by atoms with Gasteiger partial charge in [-0.2, -0.15) is 0 Å². The third-order valence-electron chi connectivity index (χ3n) is 1.79. The van der Waals surface area contributed by atoms with E-state index in [2.05, 4.69) is 0 Å². The van der Waals surface area contributed by atoms with E-state index in [9.17, 15) is 9.13 Å². The van der Waals surface area contributed by atoms with Crippen LogP contribution in [0.5, 0.6) is 0 Å². The summed E-state index contributed by atoms with van der Waals surface area (Å²) in [5.41, 5.74) is 0. The van der Waals surface area contributed by atoms with Crippen LogP contribution in [0.25, 0.3) is 0 Å². The average Bonchev–Trinajstić information content (AvgIpc) is 2.14. The highest BCUT2D eigenvalue weighted by Crippen LogP contribution is 2.62. The summed E-state index contributed by atoms with van der Waals surface area (Å²) < 4.78 is 39.1. The van der Waals surface area contributed by atoms with E-state index in [0.29, 0.717) is 12.6 Å². The highest BCUT2D eigenvalue weighted by atomic mass is 31.3. The number of rotatable bonds is 9. The molecule has 0 fully saturated rings. The Morgan fingerprint density at radius 2 is 1.62 bits per heavy atom. The van der Waals surface area contributed by atoms with E-state index in [-0.39, 0.29) is 13.0 Å². The van der Waals surface area contributed by atoms with Crippen LogP contribution < -0.4 is 0 Å². The van der Waals surface area contributed by atoms with Crippen LogP contribution in [-0.4, -0.2) is 32.9 Å². The van der Waals surface area contributed by atoms with Gasteiger partial charge in [-0.15, -0.1) is 0 Å². The molecule has 0 amide bonds. The quantitative estimate of drug-likeness (QED) is 0.474. The lowest BCUT2D eigenvalue weighted by Gasteiger charge is -2.21. The fourth-order valence-electron chi connectivity index (χ4n) is 1.25. The van der Waals surface area contributed by atoms with Gasteiger partial charge in [-0.05, 0) is 12.8 Å². The largest absolute Gasteiger partial charge is 0.358 e. The fourth-order valence-corrected chi connectivity index (χ4v) is 5.95. The second-order valence-electron chi connectivity index (χ2n) is 3.69. The van der Waals surface area contributed by atoms with Crippen molar-refractivity contribution in [2.24, 2.45) is 0 Å². The molecule has 0 aliphatic carbocycles. The molecule has 2 atom stereocenters. The summed E-state index contributed by atoms with van der Waals surface area (Å²) in [6.45, 7) is 5.16. The molecule has 0 saturated carbocycles. The zero-order valence-electron chi connectivity index (χ0n) is 10.5. The zero-order chi connectivity index (χ0) is 12.7. The van der Waals surface area contributed by atoms with Crippen LogP contribution in [0.4, 0.5) is 0 Å². The van der Waals surface area contributed by atoms with E-state index >= 15 is 0 Å². The number of hydrogen-bond acceptors (Lipinski definition) is 5. The molecule has 0 spiro atoms. The molecule has 0 aromatic carbocycles. The standard InChI is InChI=1S/C9H22O5P2/c1-5-7-15(4,10)14-16(11,8-6-2)13-9-12-3/h5-9H2,1-4H3. The van der Waals surface area contributed by atoms with Gasteiger partial charge in [-0.25, -0.2) is 0 Å². The van der Waals surface area contributed by atoms with Crippen LogP contribution in [0.3, 0.4) is 0 Å². The third kappa shape index (κ3) is 6.82. The predicted octanol–water partition coefficient (Wildman–Crippen LogP) is 3.54. The van der Waals surface area contributed by atoms with Gasteiger partial charge in [0, 0.05) is 19.9 Å². The minimum atomic E-state index is -3.28. The predicted molar refractivity (Wildman–Crippen MR) is 65.5 cm³/mol. The fraction of sp³-hybridized carbons (Fsp3) is 1.00. The topological polar surface area (TPSA) is 61.8 Å². The molecule has 98 valence electrons.